The number of benzene rings is 1. The van der Waals surface area contributed by atoms with Crippen LogP contribution in [-0.2, 0) is 19.4 Å². The average Bonchev–Trinajstić information content (AvgIpc) is 2.81. The number of nitrogens with one attached hydrogen (secondary N) is 1. The second-order valence-electron chi connectivity index (χ2n) is 5.79. The van der Waals surface area contributed by atoms with Crippen LogP contribution in [0, 0.1) is 12.3 Å². The summed E-state index contributed by atoms with van der Waals surface area (Å²) in [5.74, 6) is 1.19. The molecule has 0 fully saturated rings. The normalized spacial score (nSPS) is 15.5. The minimum absolute atomic E-state index is 0.0786. The van der Waals surface area contributed by atoms with Crippen molar-refractivity contribution in [1.82, 2.24) is 9.55 Å². The molecule has 0 saturated heterocycles. The lowest BCUT2D eigenvalue weighted by Crippen LogP contribution is -2.26. The fraction of sp³-hybridized carbons (Fsp3) is 0.412. The molecule has 2 aromatic rings. The van der Waals surface area contributed by atoms with Crippen molar-refractivity contribution in [3.63, 3.8) is 0 Å². The van der Waals surface area contributed by atoms with Crippen LogP contribution in [0.15, 0.2) is 30.3 Å². The molecule has 1 aliphatic carbocycles. The summed E-state index contributed by atoms with van der Waals surface area (Å²) in [6, 6.07) is 10.1. The highest BCUT2D eigenvalue weighted by atomic mass is 15.1. The van der Waals surface area contributed by atoms with E-state index >= 15 is 0 Å². The van der Waals surface area contributed by atoms with E-state index in [2.05, 4.69) is 11.5 Å². The number of amidine groups is 1. The monoisotopic (exact) mass is 282 g/mol. The van der Waals surface area contributed by atoms with E-state index in [1.54, 1.807) is 0 Å². The summed E-state index contributed by atoms with van der Waals surface area (Å²) < 4.78 is 2.27. The Morgan fingerprint density at radius 1 is 1.29 bits per heavy atom. The van der Waals surface area contributed by atoms with Crippen molar-refractivity contribution in [2.24, 2.45) is 5.73 Å². The Hall–Kier alpha value is -2.10. The highest BCUT2D eigenvalue weighted by molar-refractivity contribution is 5.84. The Kier molecular flexibility index (Phi) is 3.78. The predicted octanol–water partition coefficient (Wildman–Crippen LogP) is 2.79. The molecule has 1 unspecified atom stereocenters. The molecule has 1 aliphatic rings. The Morgan fingerprint density at radius 3 is 2.71 bits per heavy atom. The van der Waals surface area contributed by atoms with E-state index in [0.717, 1.165) is 24.2 Å². The molecule has 0 aliphatic heterocycles. The number of rotatable bonds is 4. The molecule has 3 rings (SSSR count). The molecule has 0 saturated carbocycles. The van der Waals surface area contributed by atoms with E-state index in [4.69, 9.17) is 16.1 Å². The summed E-state index contributed by atoms with van der Waals surface area (Å²) in [5, 5.41) is 7.95. The number of hydrogen-bond donors (Lipinski definition) is 2. The van der Waals surface area contributed by atoms with Crippen LogP contribution in [0.4, 0.5) is 0 Å². The maximum absolute atomic E-state index is 7.95. The molecule has 4 heteroatoms. The van der Waals surface area contributed by atoms with Gasteiger partial charge in [-0.05, 0) is 38.2 Å². The molecule has 1 aromatic carbocycles. The number of hydrogen-bond acceptors (Lipinski definition) is 2. The lowest BCUT2D eigenvalue weighted by atomic mass is 9.96. The fourth-order valence-electron chi connectivity index (χ4n) is 3.23. The van der Waals surface area contributed by atoms with Crippen LogP contribution in [0.5, 0.6) is 0 Å². The quantitative estimate of drug-likeness (QED) is 0.669. The molecule has 4 nitrogen and oxygen atoms in total. The number of aromatic nitrogens is 2. The molecular formula is C17H22N4. The molecule has 110 valence electrons. The van der Waals surface area contributed by atoms with Gasteiger partial charge in [-0.25, -0.2) is 4.98 Å². The third kappa shape index (κ3) is 2.71. The van der Waals surface area contributed by atoms with Crippen LogP contribution in [0.25, 0.3) is 0 Å². The lowest BCUT2D eigenvalue weighted by molar-refractivity contribution is 0.577. The standard InChI is InChI=1S/C17H22N4/c1-12-20-15-9-5-6-10-16(15)21(12)11-14(17(18)19)13-7-3-2-4-8-13/h2-4,7-8,14H,5-6,9-11H2,1H3,(H3,18,19). The minimum atomic E-state index is -0.0786. The highest BCUT2D eigenvalue weighted by Gasteiger charge is 2.22. The third-order valence-electron chi connectivity index (χ3n) is 4.37. The molecule has 0 amide bonds. The van der Waals surface area contributed by atoms with Gasteiger partial charge in [-0.2, -0.15) is 0 Å². The summed E-state index contributed by atoms with van der Waals surface area (Å²) in [5.41, 5.74) is 9.55. The molecule has 1 aromatic heterocycles. The smallest absolute Gasteiger partial charge is 0.106 e. The fourth-order valence-corrected chi connectivity index (χ4v) is 3.23. The first kappa shape index (κ1) is 13.9. The molecule has 3 N–H and O–H groups in total. The van der Waals surface area contributed by atoms with Crippen molar-refractivity contribution in [1.29, 1.82) is 5.41 Å². The van der Waals surface area contributed by atoms with Gasteiger partial charge in [-0.1, -0.05) is 30.3 Å². The van der Waals surface area contributed by atoms with Crippen LogP contribution in [0.3, 0.4) is 0 Å². The van der Waals surface area contributed by atoms with Crippen LogP contribution >= 0.6 is 0 Å². The van der Waals surface area contributed by atoms with Gasteiger partial charge in [0.05, 0.1) is 17.4 Å². The topological polar surface area (TPSA) is 67.7 Å². The van der Waals surface area contributed by atoms with Crippen molar-refractivity contribution < 1.29 is 0 Å². The van der Waals surface area contributed by atoms with Gasteiger partial charge in [-0.3, -0.25) is 5.41 Å². The Balaban J connectivity index is 1.94. The Labute approximate surface area is 125 Å². The van der Waals surface area contributed by atoms with Gasteiger partial charge >= 0.3 is 0 Å². The van der Waals surface area contributed by atoms with E-state index in [0.29, 0.717) is 6.54 Å². The van der Waals surface area contributed by atoms with Crippen LogP contribution in [0.2, 0.25) is 0 Å². The number of nitrogens with zero attached hydrogens (tertiary/aromatic N) is 2. The van der Waals surface area contributed by atoms with Crippen LogP contribution < -0.4 is 5.73 Å². The first-order chi connectivity index (χ1) is 10.2. The van der Waals surface area contributed by atoms with Crippen molar-refractivity contribution in [3.05, 3.63) is 53.1 Å². The number of fused-ring (bicyclic) bond motifs is 1. The molecule has 1 heterocycles. The van der Waals surface area contributed by atoms with Gasteiger partial charge in [-0.15, -0.1) is 0 Å². The molecule has 0 spiro atoms. The van der Waals surface area contributed by atoms with Crippen molar-refractivity contribution in [2.75, 3.05) is 0 Å². The van der Waals surface area contributed by atoms with Gasteiger partial charge in [0.2, 0.25) is 0 Å². The average molecular weight is 282 g/mol. The summed E-state index contributed by atoms with van der Waals surface area (Å²) in [4.78, 5) is 4.71. The van der Waals surface area contributed by atoms with E-state index in [9.17, 15) is 0 Å². The largest absolute Gasteiger partial charge is 0.387 e. The first-order valence-corrected chi connectivity index (χ1v) is 7.60. The lowest BCUT2D eigenvalue weighted by Gasteiger charge is -2.21. The second-order valence-corrected chi connectivity index (χ2v) is 5.79. The summed E-state index contributed by atoms with van der Waals surface area (Å²) in [6.45, 7) is 2.77. The number of nitrogens with two attached hydrogens (primary N) is 1. The molecule has 1 atom stereocenters. The SMILES string of the molecule is Cc1nc2c(n1CC(C(=N)N)c1ccccc1)CCCC2. The van der Waals surface area contributed by atoms with Crippen LogP contribution in [-0.4, -0.2) is 15.4 Å². The van der Waals surface area contributed by atoms with E-state index < -0.39 is 0 Å². The Bertz CT molecular complexity index is 642. The zero-order valence-electron chi connectivity index (χ0n) is 12.5. The van der Waals surface area contributed by atoms with Gasteiger partial charge in [0.15, 0.2) is 0 Å². The molecule has 0 radical (unpaired) electrons. The van der Waals surface area contributed by atoms with Gasteiger partial charge in [0.25, 0.3) is 0 Å². The number of imidazole rings is 1. The highest BCUT2D eigenvalue weighted by Crippen LogP contribution is 2.25. The summed E-state index contributed by atoms with van der Waals surface area (Å²) in [6.07, 6.45) is 4.64. The molecule has 21 heavy (non-hydrogen) atoms. The third-order valence-corrected chi connectivity index (χ3v) is 4.37. The summed E-state index contributed by atoms with van der Waals surface area (Å²) in [7, 11) is 0. The maximum Gasteiger partial charge on any atom is 0.106 e. The molecular weight excluding hydrogens is 260 g/mol. The number of aryl methyl sites for hydroxylation is 2. The summed E-state index contributed by atoms with van der Waals surface area (Å²) >= 11 is 0. The van der Waals surface area contributed by atoms with Crippen molar-refractivity contribution in [3.8, 4) is 0 Å². The van der Waals surface area contributed by atoms with E-state index in [1.807, 2.05) is 30.3 Å². The van der Waals surface area contributed by atoms with Gasteiger partial charge in [0, 0.05) is 12.2 Å². The molecule has 0 bridgehead atoms. The maximum atomic E-state index is 7.95. The van der Waals surface area contributed by atoms with Gasteiger partial charge in [0.1, 0.15) is 5.82 Å². The van der Waals surface area contributed by atoms with Gasteiger partial charge < -0.3 is 10.3 Å². The zero-order valence-corrected chi connectivity index (χ0v) is 12.5. The predicted molar refractivity (Wildman–Crippen MR) is 84.7 cm³/mol. The van der Waals surface area contributed by atoms with E-state index in [1.165, 1.54) is 24.2 Å². The van der Waals surface area contributed by atoms with Crippen molar-refractivity contribution in [2.45, 2.75) is 45.1 Å². The first-order valence-electron chi connectivity index (χ1n) is 7.60. The van der Waals surface area contributed by atoms with Crippen molar-refractivity contribution >= 4 is 5.84 Å². The van der Waals surface area contributed by atoms with E-state index in [-0.39, 0.29) is 11.8 Å². The second kappa shape index (κ2) is 5.72. The Morgan fingerprint density at radius 2 is 2.00 bits per heavy atom. The minimum Gasteiger partial charge on any atom is -0.387 e. The van der Waals surface area contributed by atoms with Crippen LogP contribution in [0.1, 0.15) is 41.5 Å². The zero-order chi connectivity index (χ0) is 14.8.